The van der Waals surface area contributed by atoms with Gasteiger partial charge in [-0.2, -0.15) is 5.26 Å². The minimum Gasteiger partial charge on any atom is -0.494 e. The van der Waals surface area contributed by atoms with Gasteiger partial charge in [0.15, 0.2) is 5.69 Å². The molecule has 5 heteroatoms. The van der Waals surface area contributed by atoms with Crippen LogP contribution in [0.3, 0.4) is 0 Å². The lowest BCUT2D eigenvalue weighted by Crippen LogP contribution is -2.07. The van der Waals surface area contributed by atoms with E-state index >= 15 is 0 Å². The molecule has 0 aliphatic carbocycles. The summed E-state index contributed by atoms with van der Waals surface area (Å²) in [5.74, 6) is 0.858. The summed E-state index contributed by atoms with van der Waals surface area (Å²) in [4.78, 5) is 0. The van der Waals surface area contributed by atoms with Crippen LogP contribution in [0.2, 0.25) is 0 Å². The average Bonchev–Trinajstić information content (AvgIpc) is 2.82. The van der Waals surface area contributed by atoms with E-state index in [1.807, 2.05) is 39.0 Å². The molecule has 2 rings (SSSR count). The maximum Gasteiger partial charge on any atom is 0.186 e. The normalized spacial score (nSPS) is 10.5. The summed E-state index contributed by atoms with van der Waals surface area (Å²) in [6.45, 7) is 6.02. The summed E-state index contributed by atoms with van der Waals surface area (Å²) in [5.41, 5.74) is 3.06. The quantitative estimate of drug-likeness (QED) is 0.846. The second-order valence-electron chi connectivity index (χ2n) is 4.68. The highest BCUT2D eigenvalue weighted by atomic mass is 16.5. The minimum absolute atomic E-state index is 0.148. The van der Waals surface area contributed by atoms with Crippen molar-refractivity contribution in [1.29, 1.82) is 5.26 Å². The van der Waals surface area contributed by atoms with Crippen LogP contribution in [-0.4, -0.2) is 22.1 Å². The fourth-order valence-electron chi connectivity index (χ4n) is 2.03. The highest BCUT2D eigenvalue weighted by molar-refractivity contribution is 5.50. The zero-order chi connectivity index (χ0) is 14.0. The van der Waals surface area contributed by atoms with Gasteiger partial charge >= 0.3 is 0 Å². The summed E-state index contributed by atoms with van der Waals surface area (Å²) in [7, 11) is 1.62. The molecule has 0 amide bonds. The molecule has 0 spiro atoms. The van der Waals surface area contributed by atoms with Gasteiger partial charge in [-0.25, -0.2) is 4.68 Å². The standard InChI is InChI=1S/C14H16N4O/c1-9(2)14-11(8-15)16-17-18(14)12-7-10(3)5-6-13(12)19-4/h5-7,9H,1-4H3. The summed E-state index contributed by atoms with van der Waals surface area (Å²) in [6, 6.07) is 7.92. The van der Waals surface area contributed by atoms with E-state index in [2.05, 4.69) is 16.4 Å². The smallest absolute Gasteiger partial charge is 0.186 e. The van der Waals surface area contributed by atoms with Gasteiger partial charge in [0.05, 0.1) is 12.8 Å². The van der Waals surface area contributed by atoms with Gasteiger partial charge in [0, 0.05) is 0 Å². The molecule has 0 N–H and O–H groups in total. The highest BCUT2D eigenvalue weighted by Crippen LogP contribution is 2.28. The van der Waals surface area contributed by atoms with Crippen molar-refractivity contribution in [2.24, 2.45) is 0 Å². The largest absolute Gasteiger partial charge is 0.494 e. The van der Waals surface area contributed by atoms with Crippen LogP contribution in [0.25, 0.3) is 5.69 Å². The Labute approximate surface area is 112 Å². The molecule has 0 bridgehead atoms. The molecule has 1 heterocycles. The predicted octanol–water partition coefficient (Wildman–Crippen LogP) is 2.58. The SMILES string of the molecule is COc1ccc(C)cc1-n1nnc(C#N)c1C(C)C. The number of nitrogens with zero attached hydrogens (tertiary/aromatic N) is 4. The first-order valence-corrected chi connectivity index (χ1v) is 6.09. The van der Waals surface area contributed by atoms with E-state index in [4.69, 9.17) is 10.00 Å². The van der Waals surface area contributed by atoms with Crippen molar-refractivity contribution < 1.29 is 4.74 Å². The number of hydrogen-bond acceptors (Lipinski definition) is 4. The second-order valence-corrected chi connectivity index (χ2v) is 4.68. The monoisotopic (exact) mass is 256 g/mol. The molecule has 0 radical (unpaired) electrons. The molecule has 0 fully saturated rings. The molecule has 98 valence electrons. The summed E-state index contributed by atoms with van der Waals surface area (Å²) in [6.07, 6.45) is 0. The topological polar surface area (TPSA) is 63.7 Å². The molecule has 5 nitrogen and oxygen atoms in total. The third-order valence-electron chi connectivity index (χ3n) is 2.92. The molecular weight excluding hydrogens is 240 g/mol. The van der Waals surface area contributed by atoms with Crippen LogP contribution in [-0.2, 0) is 0 Å². The molecule has 0 unspecified atom stereocenters. The Balaban J connectivity index is 2.69. The zero-order valence-corrected chi connectivity index (χ0v) is 11.5. The van der Waals surface area contributed by atoms with E-state index < -0.39 is 0 Å². The molecule has 19 heavy (non-hydrogen) atoms. The average molecular weight is 256 g/mol. The fourth-order valence-corrected chi connectivity index (χ4v) is 2.03. The molecule has 1 aromatic heterocycles. The summed E-state index contributed by atoms with van der Waals surface area (Å²) < 4.78 is 7.05. The molecule has 2 aromatic rings. The van der Waals surface area contributed by atoms with Crippen molar-refractivity contribution >= 4 is 0 Å². The minimum atomic E-state index is 0.148. The Morgan fingerprint density at radius 1 is 1.37 bits per heavy atom. The van der Waals surface area contributed by atoms with E-state index in [9.17, 15) is 0 Å². The van der Waals surface area contributed by atoms with Gasteiger partial charge in [-0.15, -0.1) is 5.10 Å². The molecule has 0 atom stereocenters. The van der Waals surface area contributed by atoms with Crippen molar-refractivity contribution in [3.63, 3.8) is 0 Å². The summed E-state index contributed by atoms with van der Waals surface area (Å²) >= 11 is 0. The lowest BCUT2D eigenvalue weighted by Gasteiger charge is -2.13. The number of nitriles is 1. The predicted molar refractivity (Wildman–Crippen MR) is 71.5 cm³/mol. The van der Waals surface area contributed by atoms with E-state index in [0.29, 0.717) is 11.4 Å². The van der Waals surface area contributed by atoms with Gasteiger partial charge in [0.1, 0.15) is 17.5 Å². The van der Waals surface area contributed by atoms with E-state index in [1.54, 1.807) is 11.8 Å². The first kappa shape index (κ1) is 13.1. The van der Waals surface area contributed by atoms with Crippen LogP contribution < -0.4 is 4.74 Å². The Morgan fingerprint density at radius 3 is 2.68 bits per heavy atom. The van der Waals surface area contributed by atoms with Gasteiger partial charge in [-0.1, -0.05) is 25.1 Å². The number of benzene rings is 1. The fraction of sp³-hybridized carbons (Fsp3) is 0.357. The van der Waals surface area contributed by atoms with Crippen molar-refractivity contribution in [2.75, 3.05) is 7.11 Å². The second kappa shape index (κ2) is 5.11. The maximum atomic E-state index is 9.11. The number of ether oxygens (including phenoxy) is 1. The van der Waals surface area contributed by atoms with Crippen LogP contribution >= 0.6 is 0 Å². The lowest BCUT2D eigenvalue weighted by atomic mass is 10.1. The van der Waals surface area contributed by atoms with Gasteiger partial charge < -0.3 is 4.74 Å². The number of aromatic nitrogens is 3. The summed E-state index contributed by atoms with van der Waals surface area (Å²) in [5, 5.41) is 17.1. The third-order valence-corrected chi connectivity index (χ3v) is 2.92. The van der Waals surface area contributed by atoms with Gasteiger partial charge in [0.25, 0.3) is 0 Å². The van der Waals surface area contributed by atoms with Crippen molar-refractivity contribution in [1.82, 2.24) is 15.0 Å². The van der Waals surface area contributed by atoms with Crippen molar-refractivity contribution in [3.05, 3.63) is 35.2 Å². The first-order valence-electron chi connectivity index (χ1n) is 6.09. The molecule has 1 aromatic carbocycles. The van der Waals surface area contributed by atoms with E-state index in [1.165, 1.54) is 0 Å². The van der Waals surface area contributed by atoms with Crippen molar-refractivity contribution in [2.45, 2.75) is 26.7 Å². The van der Waals surface area contributed by atoms with Gasteiger partial charge in [-0.3, -0.25) is 0 Å². The molecule has 0 saturated heterocycles. The molecular formula is C14H16N4O. The maximum absolute atomic E-state index is 9.11. The van der Waals surface area contributed by atoms with E-state index in [-0.39, 0.29) is 5.92 Å². The Morgan fingerprint density at radius 2 is 2.11 bits per heavy atom. The zero-order valence-electron chi connectivity index (χ0n) is 11.5. The van der Waals surface area contributed by atoms with Crippen LogP contribution in [0.1, 0.15) is 36.7 Å². The van der Waals surface area contributed by atoms with Crippen LogP contribution in [0, 0.1) is 18.3 Å². The molecule has 0 aliphatic rings. The van der Waals surface area contributed by atoms with Crippen LogP contribution in [0.4, 0.5) is 0 Å². The van der Waals surface area contributed by atoms with Gasteiger partial charge in [0.2, 0.25) is 0 Å². The first-order chi connectivity index (χ1) is 9.08. The van der Waals surface area contributed by atoms with Crippen LogP contribution in [0.5, 0.6) is 5.75 Å². The Kier molecular flexibility index (Phi) is 3.52. The third kappa shape index (κ3) is 2.29. The number of hydrogen-bond donors (Lipinski definition) is 0. The number of aryl methyl sites for hydroxylation is 1. The lowest BCUT2D eigenvalue weighted by molar-refractivity contribution is 0.410. The Hall–Kier alpha value is -2.35. The van der Waals surface area contributed by atoms with Crippen molar-refractivity contribution in [3.8, 4) is 17.5 Å². The van der Waals surface area contributed by atoms with Crippen LogP contribution in [0.15, 0.2) is 18.2 Å². The molecule has 0 aliphatic heterocycles. The Bertz CT molecular complexity index is 637. The van der Waals surface area contributed by atoms with Gasteiger partial charge in [-0.05, 0) is 30.5 Å². The highest BCUT2D eigenvalue weighted by Gasteiger charge is 2.19. The number of methoxy groups -OCH3 is 1. The molecule has 0 saturated carbocycles. The number of rotatable bonds is 3. The van der Waals surface area contributed by atoms with E-state index in [0.717, 1.165) is 16.9 Å².